The number of sulfonamides is 1. The third-order valence-corrected chi connectivity index (χ3v) is 6.39. The quantitative estimate of drug-likeness (QED) is 0.912. The van der Waals surface area contributed by atoms with E-state index in [2.05, 4.69) is 0 Å². The molecule has 1 aromatic carbocycles. The summed E-state index contributed by atoms with van der Waals surface area (Å²) in [5.74, 6) is -0.125. The molecule has 0 radical (unpaired) electrons. The zero-order chi connectivity index (χ0) is 14.9. The standard InChI is InChI=1S/C15H21NO4S/c17-15-8-10-20-11-13(15)14-7-4-9-16(14)21(18,19)12-5-2-1-3-6-12/h1-3,5-6,13-15,17H,4,7-11H2/t13-,14-,15-/m1/s1. The molecule has 2 saturated heterocycles. The highest BCUT2D eigenvalue weighted by Crippen LogP contribution is 2.33. The first-order valence-corrected chi connectivity index (χ1v) is 8.87. The fourth-order valence-corrected chi connectivity index (χ4v) is 5.10. The molecule has 3 atom stereocenters. The normalized spacial score (nSPS) is 31.4. The van der Waals surface area contributed by atoms with Crippen LogP contribution in [0.25, 0.3) is 0 Å². The van der Waals surface area contributed by atoms with Crippen LogP contribution in [0.3, 0.4) is 0 Å². The van der Waals surface area contributed by atoms with Gasteiger partial charge in [-0.2, -0.15) is 4.31 Å². The second-order valence-electron chi connectivity index (χ2n) is 5.73. The minimum absolute atomic E-state index is 0.125. The molecule has 3 rings (SSSR count). The molecule has 0 unspecified atom stereocenters. The molecule has 2 fully saturated rings. The maximum Gasteiger partial charge on any atom is 0.243 e. The Bertz CT molecular complexity index is 575. The summed E-state index contributed by atoms with van der Waals surface area (Å²) in [5.41, 5.74) is 0. The molecule has 0 saturated carbocycles. The molecule has 0 aromatic heterocycles. The highest BCUT2D eigenvalue weighted by atomic mass is 32.2. The first-order chi connectivity index (χ1) is 10.1. The minimum atomic E-state index is -3.49. The second kappa shape index (κ2) is 6.04. The lowest BCUT2D eigenvalue weighted by molar-refractivity contribution is -0.0543. The van der Waals surface area contributed by atoms with Crippen LogP contribution in [-0.2, 0) is 14.8 Å². The maximum atomic E-state index is 12.8. The molecular weight excluding hydrogens is 290 g/mol. The molecule has 2 heterocycles. The monoisotopic (exact) mass is 311 g/mol. The lowest BCUT2D eigenvalue weighted by atomic mass is 9.90. The molecule has 0 aliphatic carbocycles. The van der Waals surface area contributed by atoms with Crippen molar-refractivity contribution in [3.8, 4) is 0 Å². The van der Waals surface area contributed by atoms with Crippen molar-refractivity contribution < 1.29 is 18.3 Å². The van der Waals surface area contributed by atoms with Gasteiger partial charge in [-0.25, -0.2) is 8.42 Å². The summed E-state index contributed by atoms with van der Waals surface area (Å²) in [6.45, 7) is 1.51. The average Bonchev–Trinajstić information content (AvgIpc) is 2.99. The Kier molecular flexibility index (Phi) is 4.31. The highest BCUT2D eigenvalue weighted by Gasteiger charge is 2.42. The third kappa shape index (κ3) is 2.85. The Morgan fingerprint density at radius 2 is 1.95 bits per heavy atom. The van der Waals surface area contributed by atoms with Gasteiger partial charge in [-0.15, -0.1) is 0 Å². The van der Waals surface area contributed by atoms with Gasteiger partial charge in [0.25, 0.3) is 0 Å². The predicted molar refractivity (Wildman–Crippen MR) is 78.3 cm³/mol. The summed E-state index contributed by atoms with van der Waals surface area (Å²) >= 11 is 0. The van der Waals surface area contributed by atoms with Crippen molar-refractivity contribution in [3.05, 3.63) is 30.3 Å². The van der Waals surface area contributed by atoms with E-state index in [1.54, 1.807) is 34.6 Å². The molecule has 5 nitrogen and oxygen atoms in total. The molecule has 1 N–H and O–H groups in total. The number of aliphatic hydroxyl groups excluding tert-OH is 1. The number of hydrogen-bond acceptors (Lipinski definition) is 4. The molecule has 116 valence electrons. The van der Waals surface area contributed by atoms with Gasteiger partial charge in [-0.1, -0.05) is 18.2 Å². The molecule has 2 aliphatic heterocycles. The van der Waals surface area contributed by atoms with Gasteiger partial charge >= 0.3 is 0 Å². The van der Waals surface area contributed by atoms with E-state index < -0.39 is 16.1 Å². The van der Waals surface area contributed by atoms with Crippen molar-refractivity contribution >= 4 is 10.0 Å². The van der Waals surface area contributed by atoms with Gasteiger partial charge in [-0.05, 0) is 31.4 Å². The van der Waals surface area contributed by atoms with Crippen LogP contribution in [0.2, 0.25) is 0 Å². The van der Waals surface area contributed by atoms with E-state index in [-0.39, 0.29) is 12.0 Å². The SMILES string of the molecule is O=S(=O)(c1ccccc1)N1CCC[C@@H]1[C@H]1COCC[C@H]1O. The molecule has 0 spiro atoms. The Balaban J connectivity index is 1.87. The van der Waals surface area contributed by atoms with Crippen LogP contribution >= 0.6 is 0 Å². The van der Waals surface area contributed by atoms with Gasteiger partial charge in [0.05, 0.1) is 17.6 Å². The first-order valence-electron chi connectivity index (χ1n) is 7.43. The number of hydrogen-bond donors (Lipinski definition) is 1. The topological polar surface area (TPSA) is 66.8 Å². The van der Waals surface area contributed by atoms with Crippen LogP contribution in [-0.4, -0.2) is 49.7 Å². The Labute approximate surface area is 125 Å². The summed E-state index contributed by atoms with van der Waals surface area (Å²) in [4.78, 5) is 0.322. The fraction of sp³-hybridized carbons (Fsp3) is 0.600. The van der Waals surface area contributed by atoms with E-state index in [9.17, 15) is 13.5 Å². The first kappa shape index (κ1) is 15.0. The predicted octanol–water partition coefficient (Wildman–Crippen LogP) is 1.24. The van der Waals surface area contributed by atoms with Gasteiger partial charge in [0.2, 0.25) is 10.0 Å². The maximum absolute atomic E-state index is 12.8. The third-order valence-electron chi connectivity index (χ3n) is 4.45. The lowest BCUT2D eigenvalue weighted by Crippen LogP contribution is -2.48. The Morgan fingerprint density at radius 1 is 1.19 bits per heavy atom. The van der Waals surface area contributed by atoms with Crippen molar-refractivity contribution in [3.63, 3.8) is 0 Å². The molecule has 6 heteroatoms. The van der Waals surface area contributed by atoms with Crippen LogP contribution in [0.15, 0.2) is 35.2 Å². The van der Waals surface area contributed by atoms with Crippen LogP contribution in [0.4, 0.5) is 0 Å². The van der Waals surface area contributed by atoms with E-state index >= 15 is 0 Å². The largest absolute Gasteiger partial charge is 0.393 e. The smallest absolute Gasteiger partial charge is 0.243 e. The van der Waals surface area contributed by atoms with E-state index in [0.29, 0.717) is 31.1 Å². The van der Waals surface area contributed by atoms with Crippen LogP contribution in [0.5, 0.6) is 0 Å². The zero-order valence-corrected chi connectivity index (χ0v) is 12.7. The highest BCUT2D eigenvalue weighted by molar-refractivity contribution is 7.89. The van der Waals surface area contributed by atoms with Crippen molar-refractivity contribution in [2.45, 2.75) is 36.3 Å². The van der Waals surface area contributed by atoms with Crippen LogP contribution < -0.4 is 0 Å². The number of ether oxygens (including phenoxy) is 1. The van der Waals surface area contributed by atoms with Crippen molar-refractivity contribution in [1.29, 1.82) is 0 Å². The van der Waals surface area contributed by atoms with Crippen molar-refractivity contribution in [1.82, 2.24) is 4.31 Å². The summed E-state index contributed by atoms with van der Waals surface area (Å²) < 4.78 is 32.6. The molecule has 0 amide bonds. The van der Waals surface area contributed by atoms with Gasteiger partial charge in [0.15, 0.2) is 0 Å². The number of aliphatic hydroxyl groups is 1. The summed E-state index contributed by atoms with van der Waals surface area (Å²) in [5, 5.41) is 10.2. The van der Waals surface area contributed by atoms with Gasteiger partial charge in [-0.3, -0.25) is 0 Å². The fourth-order valence-electron chi connectivity index (χ4n) is 3.34. The Morgan fingerprint density at radius 3 is 2.67 bits per heavy atom. The minimum Gasteiger partial charge on any atom is -0.393 e. The van der Waals surface area contributed by atoms with Crippen LogP contribution in [0, 0.1) is 5.92 Å². The van der Waals surface area contributed by atoms with Crippen molar-refractivity contribution in [2.75, 3.05) is 19.8 Å². The van der Waals surface area contributed by atoms with Crippen molar-refractivity contribution in [2.24, 2.45) is 5.92 Å². The van der Waals surface area contributed by atoms with E-state index in [1.807, 2.05) is 0 Å². The number of benzene rings is 1. The van der Waals surface area contributed by atoms with Gasteiger partial charge in [0.1, 0.15) is 0 Å². The van der Waals surface area contributed by atoms with Gasteiger partial charge < -0.3 is 9.84 Å². The zero-order valence-electron chi connectivity index (χ0n) is 11.9. The van der Waals surface area contributed by atoms with E-state index in [4.69, 9.17) is 4.74 Å². The number of rotatable bonds is 3. The molecule has 21 heavy (non-hydrogen) atoms. The summed E-state index contributed by atoms with van der Waals surface area (Å²) in [7, 11) is -3.49. The second-order valence-corrected chi connectivity index (χ2v) is 7.62. The van der Waals surface area contributed by atoms with E-state index in [0.717, 1.165) is 12.8 Å². The molecule has 1 aromatic rings. The summed E-state index contributed by atoms with van der Waals surface area (Å²) in [6, 6.07) is 8.36. The Hall–Kier alpha value is -0.950. The van der Waals surface area contributed by atoms with Crippen LogP contribution in [0.1, 0.15) is 19.3 Å². The molecule has 0 bridgehead atoms. The average molecular weight is 311 g/mol. The summed E-state index contributed by atoms with van der Waals surface area (Å²) in [6.07, 6.45) is 1.73. The van der Waals surface area contributed by atoms with Gasteiger partial charge in [0, 0.05) is 25.1 Å². The van der Waals surface area contributed by atoms with E-state index in [1.165, 1.54) is 0 Å². The molecule has 2 aliphatic rings. The lowest BCUT2D eigenvalue weighted by Gasteiger charge is -2.36. The molecular formula is C15H21NO4S. The number of nitrogens with zero attached hydrogens (tertiary/aromatic N) is 1.